The summed E-state index contributed by atoms with van der Waals surface area (Å²) >= 11 is 7.15. The summed E-state index contributed by atoms with van der Waals surface area (Å²) in [6, 6.07) is 10.9. The van der Waals surface area contributed by atoms with Gasteiger partial charge in [0.1, 0.15) is 0 Å². The van der Waals surface area contributed by atoms with Gasteiger partial charge in [0, 0.05) is 47.2 Å². The van der Waals surface area contributed by atoms with Gasteiger partial charge in [-0.15, -0.1) is 11.3 Å². The molecule has 0 spiro atoms. The molecule has 3 heterocycles. The van der Waals surface area contributed by atoms with Crippen LogP contribution in [-0.4, -0.2) is 48.1 Å². The number of aromatic nitrogens is 1. The number of pyridine rings is 1. The summed E-state index contributed by atoms with van der Waals surface area (Å²) in [6.45, 7) is 0.765. The number of nitrogens with zero attached hydrogens (tertiary/aromatic N) is 3. The molecule has 4 rings (SSSR count). The first-order valence-electron chi connectivity index (χ1n) is 9.16. The summed E-state index contributed by atoms with van der Waals surface area (Å²) < 4.78 is 26.9. The molecule has 0 saturated carbocycles. The molecule has 30 heavy (non-hydrogen) atoms. The van der Waals surface area contributed by atoms with Crippen LogP contribution in [0.2, 0.25) is 4.34 Å². The first kappa shape index (κ1) is 20.8. The Morgan fingerprint density at radius 1 is 1.20 bits per heavy atom. The number of rotatable bonds is 5. The van der Waals surface area contributed by atoms with E-state index in [0.717, 1.165) is 26.8 Å². The van der Waals surface area contributed by atoms with Crippen molar-refractivity contribution in [3.63, 3.8) is 0 Å². The van der Waals surface area contributed by atoms with Crippen molar-refractivity contribution in [2.45, 2.75) is 6.54 Å². The molecule has 7 nitrogen and oxygen atoms in total. The fourth-order valence-corrected chi connectivity index (χ4v) is 5.43. The molecular weight excluding hydrogens is 444 g/mol. The molecule has 2 N–H and O–H groups in total. The zero-order valence-electron chi connectivity index (χ0n) is 15.9. The predicted molar refractivity (Wildman–Crippen MR) is 120 cm³/mol. The number of anilines is 1. The Morgan fingerprint density at radius 2 is 2.03 bits per heavy atom. The lowest BCUT2D eigenvalue weighted by Gasteiger charge is -2.33. The molecule has 3 aromatic rings. The van der Waals surface area contributed by atoms with Crippen molar-refractivity contribution in [1.29, 1.82) is 0 Å². The van der Waals surface area contributed by atoms with E-state index in [1.54, 1.807) is 29.3 Å². The van der Waals surface area contributed by atoms with Crippen LogP contribution in [0.4, 0.5) is 5.69 Å². The zero-order chi connectivity index (χ0) is 21.3. The van der Waals surface area contributed by atoms with Crippen LogP contribution < -0.4 is 5.73 Å². The minimum Gasteiger partial charge on any atom is -0.398 e. The SMILES string of the molecule is Nc1ccnc2cc(CN3CCN(S(=O)(=O)/C=C/c4ccc(Cl)s4)CC3=O)ccc12. The monoisotopic (exact) mass is 462 g/mol. The summed E-state index contributed by atoms with van der Waals surface area (Å²) in [5.41, 5.74) is 8.29. The van der Waals surface area contributed by atoms with Crippen molar-refractivity contribution < 1.29 is 13.2 Å². The number of halogens is 1. The number of nitrogens with two attached hydrogens (primary N) is 1. The Hall–Kier alpha value is -2.46. The standard InChI is InChI=1S/C20H19ClN4O3S2/c21-19-4-2-15(29-19)6-10-30(27,28)25-9-8-24(20(26)13-25)12-14-1-3-16-17(22)5-7-23-18(16)11-14/h1-7,10-11H,8-9,12-13H2,(H2,22,23)/b10-6+. The number of nitrogen functional groups attached to an aromatic ring is 1. The lowest BCUT2D eigenvalue weighted by Crippen LogP contribution is -2.51. The highest BCUT2D eigenvalue weighted by Gasteiger charge is 2.30. The molecule has 1 aliphatic rings. The molecule has 0 unspecified atom stereocenters. The van der Waals surface area contributed by atoms with E-state index in [2.05, 4.69) is 4.98 Å². The number of carbonyl (C=O) groups is 1. The molecule has 1 aliphatic heterocycles. The summed E-state index contributed by atoms with van der Waals surface area (Å²) in [4.78, 5) is 19.3. The molecule has 2 aromatic heterocycles. The molecule has 0 aliphatic carbocycles. The third kappa shape index (κ3) is 4.49. The maximum absolute atomic E-state index is 12.6. The van der Waals surface area contributed by atoms with Gasteiger partial charge in [0.15, 0.2) is 0 Å². The molecule has 10 heteroatoms. The average Bonchev–Trinajstić information content (AvgIpc) is 3.13. The third-order valence-corrected chi connectivity index (χ3v) is 7.56. The van der Waals surface area contributed by atoms with Crippen molar-refractivity contribution in [1.82, 2.24) is 14.2 Å². The van der Waals surface area contributed by atoms with Gasteiger partial charge in [0.05, 0.1) is 16.4 Å². The molecule has 0 radical (unpaired) electrons. The Kier molecular flexibility index (Phi) is 5.79. The maximum Gasteiger partial charge on any atom is 0.238 e. The van der Waals surface area contributed by atoms with Gasteiger partial charge < -0.3 is 10.6 Å². The van der Waals surface area contributed by atoms with Gasteiger partial charge in [-0.2, -0.15) is 4.31 Å². The van der Waals surface area contributed by atoms with Crippen molar-refractivity contribution in [3.05, 3.63) is 62.8 Å². The van der Waals surface area contributed by atoms with Crippen LogP contribution in [0.15, 0.2) is 48.0 Å². The fourth-order valence-electron chi connectivity index (χ4n) is 3.26. The van der Waals surface area contributed by atoms with Gasteiger partial charge >= 0.3 is 0 Å². The molecule has 1 fully saturated rings. The zero-order valence-corrected chi connectivity index (χ0v) is 18.3. The van der Waals surface area contributed by atoms with Gasteiger partial charge in [0.2, 0.25) is 15.9 Å². The Labute approximate surface area is 183 Å². The molecule has 156 valence electrons. The van der Waals surface area contributed by atoms with E-state index in [1.165, 1.54) is 21.7 Å². The number of fused-ring (bicyclic) bond motifs is 1. The molecule has 1 saturated heterocycles. The first-order chi connectivity index (χ1) is 14.3. The fraction of sp³-hybridized carbons (Fsp3) is 0.200. The summed E-state index contributed by atoms with van der Waals surface area (Å²) in [7, 11) is -3.69. The van der Waals surface area contributed by atoms with Crippen LogP contribution in [0.3, 0.4) is 0 Å². The van der Waals surface area contributed by atoms with E-state index in [4.69, 9.17) is 17.3 Å². The quantitative estimate of drug-likeness (QED) is 0.628. The van der Waals surface area contributed by atoms with Crippen molar-refractivity contribution in [2.24, 2.45) is 0 Å². The highest BCUT2D eigenvalue weighted by atomic mass is 35.5. The van der Waals surface area contributed by atoms with Crippen LogP contribution in [0, 0.1) is 0 Å². The topological polar surface area (TPSA) is 96.6 Å². The second-order valence-corrected chi connectivity index (χ2v) is 10.5. The average molecular weight is 463 g/mol. The summed E-state index contributed by atoms with van der Waals surface area (Å²) in [5, 5.41) is 1.99. The number of thiophene rings is 1. The van der Waals surface area contributed by atoms with Gasteiger partial charge in [-0.3, -0.25) is 9.78 Å². The largest absolute Gasteiger partial charge is 0.398 e. The van der Waals surface area contributed by atoms with E-state index < -0.39 is 10.0 Å². The van der Waals surface area contributed by atoms with Crippen LogP contribution in [0.25, 0.3) is 17.0 Å². The lowest BCUT2D eigenvalue weighted by molar-refractivity contribution is -0.134. The number of amides is 1. The van der Waals surface area contributed by atoms with Gasteiger partial charge in [0.25, 0.3) is 0 Å². The normalized spacial score (nSPS) is 16.0. The Balaban J connectivity index is 1.43. The number of carbonyl (C=O) groups excluding carboxylic acids is 1. The number of piperazine rings is 1. The number of hydrogen-bond donors (Lipinski definition) is 1. The second-order valence-electron chi connectivity index (χ2n) is 6.89. The van der Waals surface area contributed by atoms with Crippen molar-refractivity contribution in [3.8, 4) is 0 Å². The highest BCUT2D eigenvalue weighted by Crippen LogP contribution is 2.24. The molecule has 0 bridgehead atoms. The molecule has 1 amide bonds. The molecule has 0 atom stereocenters. The minimum absolute atomic E-state index is 0.184. The number of benzene rings is 1. The van der Waals surface area contributed by atoms with Crippen LogP contribution in [0.1, 0.15) is 10.4 Å². The smallest absolute Gasteiger partial charge is 0.238 e. The summed E-state index contributed by atoms with van der Waals surface area (Å²) in [6.07, 6.45) is 3.14. The van der Waals surface area contributed by atoms with Crippen LogP contribution in [-0.2, 0) is 21.4 Å². The van der Waals surface area contributed by atoms with Gasteiger partial charge in [-0.1, -0.05) is 23.7 Å². The minimum atomic E-state index is -3.69. The second kappa shape index (κ2) is 8.35. The van der Waals surface area contributed by atoms with Gasteiger partial charge in [-0.25, -0.2) is 8.42 Å². The Morgan fingerprint density at radius 3 is 2.77 bits per heavy atom. The highest BCUT2D eigenvalue weighted by molar-refractivity contribution is 7.92. The van der Waals surface area contributed by atoms with Crippen LogP contribution >= 0.6 is 22.9 Å². The third-order valence-electron chi connectivity index (χ3n) is 4.86. The van der Waals surface area contributed by atoms with E-state index in [9.17, 15) is 13.2 Å². The van der Waals surface area contributed by atoms with E-state index in [0.29, 0.717) is 23.1 Å². The number of sulfonamides is 1. The van der Waals surface area contributed by atoms with Crippen molar-refractivity contribution in [2.75, 3.05) is 25.4 Å². The van der Waals surface area contributed by atoms with E-state index in [-0.39, 0.29) is 19.0 Å². The van der Waals surface area contributed by atoms with E-state index in [1.807, 2.05) is 18.2 Å². The van der Waals surface area contributed by atoms with E-state index >= 15 is 0 Å². The maximum atomic E-state index is 12.6. The Bertz CT molecular complexity index is 1240. The molecule has 1 aromatic carbocycles. The van der Waals surface area contributed by atoms with Crippen LogP contribution in [0.5, 0.6) is 0 Å². The molecular formula is C20H19ClN4O3S2. The lowest BCUT2D eigenvalue weighted by atomic mass is 10.1. The number of hydrogen-bond acceptors (Lipinski definition) is 6. The van der Waals surface area contributed by atoms with Gasteiger partial charge in [-0.05, 0) is 35.9 Å². The summed E-state index contributed by atoms with van der Waals surface area (Å²) in [5.74, 6) is -0.238. The first-order valence-corrected chi connectivity index (χ1v) is 11.9. The predicted octanol–water partition coefficient (Wildman–Crippen LogP) is 3.18. The van der Waals surface area contributed by atoms with Crippen molar-refractivity contribution >= 4 is 61.5 Å².